The van der Waals surface area contributed by atoms with Gasteiger partial charge in [-0.2, -0.15) is 0 Å². The Hall–Kier alpha value is -3.63. The van der Waals surface area contributed by atoms with Gasteiger partial charge in [-0.3, -0.25) is 4.79 Å². The first-order chi connectivity index (χ1) is 17.7. The van der Waals surface area contributed by atoms with Gasteiger partial charge in [-0.05, 0) is 51.7 Å². The van der Waals surface area contributed by atoms with Crippen molar-refractivity contribution in [3.8, 4) is 17.3 Å². The molecule has 1 saturated heterocycles. The molecule has 1 aliphatic heterocycles. The standard InChI is InChI=1S/C27H30N6O3S/c1-16-17(2)37-24(29-16)21-11-8-12-33(21)25(34)20-13-19(14-22(30-20)35-4)23-31-32-26(36-23)27(3,28)15-18-9-6-5-7-10-18/h5-7,9-10,13-14,21H,8,11-12,15,28H2,1-4H3/t21-,27+/m1/s1. The van der Waals surface area contributed by atoms with Crippen LogP contribution in [0.3, 0.4) is 0 Å². The number of benzene rings is 1. The molecule has 1 aromatic carbocycles. The van der Waals surface area contributed by atoms with Crippen LogP contribution >= 0.6 is 11.3 Å². The van der Waals surface area contributed by atoms with Crippen LogP contribution < -0.4 is 10.5 Å². The monoisotopic (exact) mass is 518 g/mol. The number of aromatic nitrogens is 4. The Kier molecular flexibility index (Phi) is 6.78. The number of pyridine rings is 1. The second kappa shape index (κ2) is 10.0. The van der Waals surface area contributed by atoms with E-state index in [0.717, 1.165) is 29.1 Å². The Balaban J connectivity index is 1.43. The third-order valence-corrected chi connectivity index (χ3v) is 7.82. The number of amides is 1. The van der Waals surface area contributed by atoms with Gasteiger partial charge >= 0.3 is 0 Å². The molecule has 3 aromatic heterocycles. The zero-order valence-electron chi connectivity index (χ0n) is 21.4. The second-order valence-corrected chi connectivity index (χ2v) is 10.9. The lowest BCUT2D eigenvalue weighted by atomic mass is 9.94. The van der Waals surface area contributed by atoms with E-state index < -0.39 is 5.54 Å². The SMILES string of the molecule is COc1cc(-c2nnc([C@@](C)(N)Cc3ccccc3)o2)cc(C(=O)N2CCC[C@@H]2c2nc(C)c(C)s2)n1. The van der Waals surface area contributed by atoms with E-state index in [2.05, 4.69) is 22.1 Å². The van der Waals surface area contributed by atoms with E-state index in [4.69, 9.17) is 19.9 Å². The Bertz CT molecular complexity index is 1400. The lowest BCUT2D eigenvalue weighted by Gasteiger charge is -2.23. The van der Waals surface area contributed by atoms with E-state index in [0.29, 0.717) is 24.4 Å². The number of nitrogens with two attached hydrogens (primary N) is 1. The number of nitrogens with zero attached hydrogens (tertiary/aromatic N) is 5. The zero-order chi connectivity index (χ0) is 26.2. The molecule has 2 N–H and O–H groups in total. The first-order valence-electron chi connectivity index (χ1n) is 12.2. The van der Waals surface area contributed by atoms with Gasteiger partial charge in [0.1, 0.15) is 10.7 Å². The number of carbonyl (C=O) groups excluding carboxylic acids is 1. The van der Waals surface area contributed by atoms with Crippen LogP contribution in [0.1, 0.15) is 63.3 Å². The number of likely N-dealkylation sites (tertiary alicyclic amines) is 1. The molecule has 4 aromatic rings. The molecule has 1 aliphatic rings. The fourth-order valence-electron chi connectivity index (χ4n) is 4.56. The molecule has 0 aliphatic carbocycles. The van der Waals surface area contributed by atoms with Gasteiger partial charge in [-0.1, -0.05) is 30.3 Å². The fourth-order valence-corrected chi connectivity index (χ4v) is 5.63. The molecule has 0 spiro atoms. The molecule has 0 bridgehead atoms. The molecule has 0 radical (unpaired) electrons. The molecule has 4 heterocycles. The third kappa shape index (κ3) is 5.12. The predicted molar refractivity (Wildman–Crippen MR) is 140 cm³/mol. The highest BCUT2D eigenvalue weighted by atomic mass is 32.1. The van der Waals surface area contributed by atoms with Crippen LogP contribution in [0.4, 0.5) is 0 Å². The molecule has 37 heavy (non-hydrogen) atoms. The first kappa shape index (κ1) is 25.0. The molecule has 1 amide bonds. The van der Waals surface area contributed by atoms with Gasteiger partial charge in [0.25, 0.3) is 5.91 Å². The van der Waals surface area contributed by atoms with Crippen molar-refractivity contribution in [3.05, 3.63) is 75.2 Å². The van der Waals surface area contributed by atoms with E-state index in [1.165, 1.54) is 12.0 Å². The van der Waals surface area contributed by atoms with E-state index in [1.807, 2.05) is 49.1 Å². The summed E-state index contributed by atoms with van der Waals surface area (Å²) in [4.78, 5) is 25.8. The van der Waals surface area contributed by atoms with E-state index in [9.17, 15) is 4.79 Å². The molecule has 1 fully saturated rings. The highest BCUT2D eigenvalue weighted by molar-refractivity contribution is 7.11. The molecular weight excluding hydrogens is 488 g/mol. The summed E-state index contributed by atoms with van der Waals surface area (Å²) in [7, 11) is 1.51. The van der Waals surface area contributed by atoms with Gasteiger partial charge in [-0.25, -0.2) is 9.97 Å². The smallest absolute Gasteiger partial charge is 0.273 e. The highest BCUT2D eigenvalue weighted by Gasteiger charge is 2.34. The minimum absolute atomic E-state index is 0.0627. The fraction of sp³-hybridized carbons (Fsp3) is 0.370. The molecule has 0 unspecified atom stereocenters. The number of aryl methyl sites for hydroxylation is 2. The van der Waals surface area contributed by atoms with Crippen molar-refractivity contribution < 1.29 is 13.9 Å². The summed E-state index contributed by atoms with van der Waals surface area (Å²) < 4.78 is 11.4. The maximum atomic E-state index is 13.6. The molecule has 9 nitrogen and oxygen atoms in total. The van der Waals surface area contributed by atoms with Crippen molar-refractivity contribution in [2.45, 2.75) is 51.6 Å². The predicted octanol–water partition coefficient (Wildman–Crippen LogP) is 4.61. The van der Waals surface area contributed by atoms with Gasteiger partial charge in [0.2, 0.25) is 17.7 Å². The van der Waals surface area contributed by atoms with E-state index in [-0.39, 0.29) is 29.4 Å². The van der Waals surface area contributed by atoms with Crippen LogP contribution in [0.25, 0.3) is 11.5 Å². The topological polar surface area (TPSA) is 120 Å². The average molecular weight is 519 g/mol. The van der Waals surface area contributed by atoms with E-state index in [1.54, 1.807) is 23.5 Å². The number of thiazole rings is 1. The van der Waals surface area contributed by atoms with Crippen molar-refractivity contribution in [2.24, 2.45) is 5.73 Å². The summed E-state index contributed by atoms with van der Waals surface area (Å²) in [5, 5.41) is 9.42. The molecule has 2 atom stereocenters. The Morgan fingerprint density at radius 2 is 2.00 bits per heavy atom. The number of rotatable bonds is 7. The maximum absolute atomic E-state index is 13.6. The summed E-state index contributed by atoms with van der Waals surface area (Å²) in [6.07, 6.45) is 2.32. The number of hydrogen-bond donors (Lipinski definition) is 1. The Labute approximate surface area is 219 Å². The largest absolute Gasteiger partial charge is 0.481 e. The van der Waals surface area contributed by atoms with Crippen LogP contribution in [-0.2, 0) is 12.0 Å². The lowest BCUT2D eigenvalue weighted by molar-refractivity contribution is 0.0728. The van der Waals surface area contributed by atoms with Crippen molar-refractivity contribution in [1.29, 1.82) is 0 Å². The molecular formula is C27H30N6O3S. The third-order valence-electron chi connectivity index (χ3n) is 6.65. The van der Waals surface area contributed by atoms with Gasteiger partial charge in [-0.15, -0.1) is 21.5 Å². The van der Waals surface area contributed by atoms with Gasteiger partial charge in [0.15, 0.2) is 0 Å². The van der Waals surface area contributed by atoms with Crippen LogP contribution in [-0.4, -0.2) is 44.6 Å². The lowest BCUT2D eigenvalue weighted by Crippen LogP contribution is -2.35. The minimum Gasteiger partial charge on any atom is -0.481 e. The summed E-state index contributed by atoms with van der Waals surface area (Å²) >= 11 is 1.65. The first-order valence-corrected chi connectivity index (χ1v) is 13.0. The number of hydrogen-bond acceptors (Lipinski definition) is 9. The molecule has 10 heteroatoms. The van der Waals surface area contributed by atoms with Crippen molar-refractivity contribution in [1.82, 2.24) is 25.1 Å². The maximum Gasteiger partial charge on any atom is 0.273 e. The normalized spacial score (nSPS) is 17.1. The van der Waals surface area contributed by atoms with Crippen molar-refractivity contribution in [3.63, 3.8) is 0 Å². The van der Waals surface area contributed by atoms with Crippen LogP contribution in [0.5, 0.6) is 5.88 Å². The molecule has 0 saturated carbocycles. The minimum atomic E-state index is -0.866. The average Bonchev–Trinajstić information content (AvgIpc) is 3.64. The Morgan fingerprint density at radius 1 is 1.22 bits per heavy atom. The second-order valence-electron chi connectivity index (χ2n) is 9.63. The van der Waals surface area contributed by atoms with Crippen molar-refractivity contribution in [2.75, 3.05) is 13.7 Å². The van der Waals surface area contributed by atoms with Crippen molar-refractivity contribution >= 4 is 17.2 Å². The quantitative estimate of drug-likeness (QED) is 0.377. The number of ether oxygens (including phenoxy) is 1. The summed E-state index contributed by atoms with van der Waals surface area (Å²) in [5.41, 5.74) is 8.57. The summed E-state index contributed by atoms with van der Waals surface area (Å²) in [5.74, 6) is 0.667. The summed E-state index contributed by atoms with van der Waals surface area (Å²) in [6, 6.07) is 13.2. The number of carbonyl (C=O) groups is 1. The highest BCUT2D eigenvalue weighted by Crippen LogP contribution is 2.36. The van der Waals surface area contributed by atoms with Crippen LogP contribution in [0.2, 0.25) is 0 Å². The summed E-state index contributed by atoms with van der Waals surface area (Å²) in [6.45, 7) is 6.55. The van der Waals surface area contributed by atoms with Gasteiger partial charge < -0.3 is 19.8 Å². The van der Waals surface area contributed by atoms with Gasteiger partial charge in [0.05, 0.1) is 24.4 Å². The van der Waals surface area contributed by atoms with Gasteiger partial charge in [0, 0.05) is 23.1 Å². The van der Waals surface area contributed by atoms with Crippen LogP contribution in [0.15, 0.2) is 46.9 Å². The van der Waals surface area contributed by atoms with Crippen LogP contribution in [0, 0.1) is 13.8 Å². The molecule has 5 rings (SSSR count). The zero-order valence-corrected chi connectivity index (χ0v) is 22.2. The Morgan fingerprint density at radius 3 is 2.70 bits per heavy atom. The van der Waals surface area contributed by atoms with E-state index >= 15 is 0 Å². The number of methoxy groups -OCH3 is 1. The molecule has 192 valence electrons.